The van der Waals surface area contributed by atoms with Crippen LogP contribution in [0.2, 0.25) is 0 Å². The third kappa shape index (κ3) is 23.3. The molecule has 0 spiro atoms. The molecule has 71 nitrogen and oxygen atoms in total. The predicted octanol–water partition coefficient (Wildman–Crippen LogP) is -2.24. The minimum atomic E-state index is -5.69. The second-order valence-corrected chi connectivity index (χ2v) is 43.2. The summed E-state index contributed by atoms with van der Waals surface area (Å²) < 4.78 is 221. The zero-order valence-corrected chi connectivity index (χ0v) is 80.9. The second kappa shape index (κ2) is 41.1. The maximum Gasteiger partial charge on any atom is 0.472 e. The Morgan fingerprint density at radius 2 is 0.585 bits per heavy atom. The molecule has 7 aliphatic rings. The van der Waals surface area contributed by atoms with Crippen molar-refractivity contribution >= 4 is 152 Å². The van der Waals surface area contributed by atoms with Crippen molar-refractivity contribution < 1.29 is 168 Å². The lowest BCUT2D eigenvalue weighted by Crippen LogP contribution is -2.32. The van der Waals surface area contributed by atoms with E-state index in [2.05, 4.69) is 84.3 Å². The molecule has 147 heavy (non-hydrogen) atoms. The van der Waals surface area contributed by atoms with Crippen molar-refractivity contribution in [3.05, 3.63) is 127 Å². The third-order valence-electron chi connectivity index (χ3n) is 23.9. The monoisotopic (exact) mass is 2210 g/mol. The Hall–Kier alpha value is -11.0. The molecule has 12 aromatic heterocycles. The Morgan fingerprint density at radius 3 is 0.918 bits per heavy atom. The molecule has 6 unspecified atom stereocenters. The Bertz CT molecular complexity index is 7620. The number of imidazole rings is 4. The molecule has 0 radical (unpaired) electrons. The summed E-state index contributed by atoms with van der Waals surface area (Å²) in [5, 5.41) is 11.0. The van der Waals surface area contributed by atoms with Crippen molar-refractivity contribution in [2.75, 3.05) is 86.4 Å². The molecule has 7 aliphatic heterocycles. The fourth-order valence-corrected chi connectivity index (χ4v) is 23.4. The molecule has 27 atom stereocenters. The molecule has 19 rings (SSSR count). The molecular formula is C69H87N30O41P7. The van der Waals surface area contributed by atoms with Gasteiger partial charge in [-0.15, -0.1) is 0 Å². The molecule has 0 amide bonds. The number of hydrogen-bond donors (Lipinski definition) is 19. The maximum atomic E-state index is 14.8. The topological polar surface area (TPSA) is 1000 Å². The number of hydrogen-bond acceptors (Lipinski definition) is 53. The minimum absolute atomic E-state index is 0.0168. The molecule has 78 heteroatoms. The summed E-state index contributed by atoms with van der Waals surface area (Å²) in [6, 6.07) is 3.72. The van der Waals surface area contributed by atoms with Crippen molar-refractivity contribution in [1.29, 1.82) is 0 Å². The van der Waals surface area contributed by atoms with Gasteiger partial charge in [-0.3, -0.25) is 116 Å². The Balaban J connectivity index is 0.542. The van der Waals surface area contributed by atoms with Gasteiger partial charge in [0.1, 0.15) is 158 Å². The van der Waals surface area contributed by atoms with E-state index in [4.69, 9.17) is 128 Å². The van der Waals surface area contributed by atoms with E-state index in [1.165, 1.54) is 61.6 Å². The lowest BCUT2D eigenvalue weighted by molar-refractivity contribution is -0.0645. The van der Waals surface area contributed by atoms with Crippen molar-refractivity contribution in [2.45, 2.75) is 174 Å². The van der Waals surface area contributed by atoms with E-state index in [0.717, 1.165) is 45.1 Å². The summed E-state index contributed by atoms with van der Waals surface area (Å²) >= 11 is 0. The smallest absolute Gasteiger partial charge is 0.390 e. The van der Waals surface area contributed by atoms with Gasteiger partial charge in [-0.2, -0.15) is 24.9 Å². The van der Waals surface area contributed by atoms with Crippen LogP contribution in [0.15, 0.2) is 98.7 Å². The van der Waals surface area contributed by atoms with Crippen LogP contribution < -0.4 is 68.2 Å². The number of phosphoric ester groups is 7. The maximum absolute atomic E-state index is 14.8. The standard InChI is InChI=1S/C69H87N30O41P7/c70-42-2-5-94(68(104)85-42)46-9-30(36(130-46)15-121-141(106,107)108)136-144(113,114)127-20-41-34(13-50(134-41)99-26-84-54-61(99)89-67(76)92-64(54)103)140-147(119,120)126-19-40-33(12-49(133-40)97-24-82-52-56(73)78-22-80-59(52)97)139-146(117,118)125-18-39-32(11-48(132-39)96-23-81-51-55(72)77-21-79-58(51)96)138-145(115,116)123-16-37-29(8-45(129-37)93-4-1-27-57(93)87-65(74)90-62(27)101)135-143(111,112)124-17-38-31(10-47(131-38)95-6-3-43(71)86-69(95)105)137-142(109,110)122-14-35-28(100)7-44(128-35)98-25-83-53-60(98)88-66(75)91-63(53)102/h1-6,21-26,28-41,44-50,100H,7-20H2,(H,109,110)(H,111,112)(H,113,114)(H,115,116)(H,117,118)(H,119,120)(H2,70,85,104)(H2,71,86,105)(H2,72,77,79)(H2,73,78,80)(H2,106,107,108)(H3,74,87,90,101)(H3,75,88,91,102)(H3,76,89,92,103)/t28-,29-,30-,31-,32-,33-,34-,35+,36+,37+,38+,39+,40+,41+,44+,45+,46+,47+,48+,49+,50+/m0/s1. The second-order valence-electron chi connectivity index (χ2n) is 33.6. The summed E-state index contributed by atoms with van der Waals surface area (Å²) in [6.45, 7) is -7.41. The number of nitrogens with two attached hydrogens (primary N) is 7. The zero-order chi connectivity index (χ0) is 104. The number of nitrogen functional groups attached to an aromatic ring is 7. The predicted molar refractivity (Wildman–Crippen MR) is 483 cm³/mol. The van der Waals surface area contributed by atoms with Crippen LogP contribution in [0.4, 0.5) is 41.1 Å². The molecule has 0 bridgehead atoms. The number of fused-ring (bicyclic) bond motifs is 5. The molecule has 0 aliphatic carbocycles. The van der Waals surface area contributed by atoms with E-state index in [1.54, 1.807) is 0 Å². The zero-order valence-electron chi connectivity index (χ0n) is 74.7. The van der Waals surface area contributed by atoms with Crippen LogP contribution in [0, 0.1) is 0 Å². The van der Waals surface area contributed by atoms with Gasteiger partial charge >= 0.3 is 66.1 Å². The quantitative estimate of drug-likeness (QED) is 0.0181. The van der Waals surface area contributed by atoms with Gasteiger partial charge in [0.25, 0.3) is 16.7 Å². The van der Waals surface area contributed by atoms with Crippen LogP contribution in [-0.2, 0) is 124 Å². The molecule has 7 fully saturated rings. The lowest BCUT2D eigenvalue weighted by atomic mass is 10.2. The Morgan fingerprint density at radius 1 is 0.313 bits per heavy atom. The van der Waals surface area contributed by atoms with Crippen molar-refractivity contribution in [3.8, 4) is 0 Å². The van der Waals surface area contributed by atoms with Crippen LogP contribution >= 0.6 is 54.8 Å². The molecule has 0 aromatic carbocycles. The number of rotatable bonds is 40. The number of ether oxygens (including phenoxy) is 7. The van der Waals surface area contributed by atoms with Crippen LogP contribution in [-0.4, -0.2) is 288 Å². The van der Waals surface area contributed by atoms with Crippen LogP contribution in [0.25, 0.3) is 55.7 Å². The lowest BCUT2D eigenvalue weighted by Gasteiger charge is -2.26. The number of H-pyrrole nitrogens is 3. The first-order valence-corrected chi connectivity index (χ1v) is 53.8. The molecule has 26 N–H and O–H groups in total. The highest BCUT2D eigenvalue weighted by atomic mass is 31.2. The summed E-state index contributed by atoms with van der Waals surface area (Å²) in [7, 11) is -38.8. The third-order valence-corrected chi connectivity index (χ3v) is 30.4. The molecule has 12 aromatic rings. The number of aliphatic hydroxyl groups excluding tert-OH is 1. The first-order valence-electron chi connectivity index (χ1n) is 43.3. The molecular weight excluding hydrogens is 2120 g/mol. The highest BCUT2D eigenvalue weighted by Crippen LogP contribution is 2.58. The van der Waals surface area contributed by atoms with Gasteiger partial charge in [0.2, 0.25) is 17.8 Å². The van der Waals surface area contributed by atoms with Crippen LogP contribution in [0.1, 0.15) is 88.5 Å². The minimum Gasteiger partial charge on any atom is -0.390 e. The first kappa shape index (κ1) is 105. The molecule has 794 valence electrons. The first-order chi connectivity index (χ1) is 69.6. The molecule has 19 heterocycles. The fourth-order valence-electron chi connectivity index (χ4n) is 17.3. The van der Waals surface area contributed by atoms with Gasteiger partial charge in [0, 0.05) is 63.5 Å². The van der Waals surface area contributed by atoms with Gasteiger partial charge in [0.05, 0.1) is 83.0 Å². The van der Waals surface area contributed by atoms with Crippen LogP contribution in [0.3, 0.4) is 0 Å². The highest BCUT2D eigenvalue weighted by molar-refractivity contribution is 7.49. The number of aromatic nitrogens is 23. The van der Waals surface area contributed by atoms with E-state index in [1.807, 2.05) is 0 Å². The van der Waals surface area contributed by atoms with E-state index in [0.29, 0.717) is 0 Å². The number of nitrogens with one attached hydrogen (secondary N) is 3. The fraction of sp³-hybridized carbons (Fsp3) is 0.507. The van der Waals surface area contributed by atoms with Crippen LogP contribution in [0.5, 0.6) is 0 Å². The van der Waals surface area contributed by atoms with Crippen molar-refractivity contribution in [3.63, 3.8) is 0 Å². The summed E-state index contributed by atoms with van der Waals surface area (Å²) in [6.07, 6.45) is -26.0. The molecule has 0 saturated carbocycles. The van der Waals surface area contributed by atoms with Gasteiger partial charge in [0.15, 0.2) is 50.9 Å². The summed E-state index contributed by atoms with van der Waals surface area (Å²) in [5.74, 6) is -1.68. The highest BCUT2D eigenvalue weighted by Gasteiger charge is 2.54. The average molecular weight is 2210 g/mol. The van der Waals surface area contributed by atoms with E-state index < -0.39 is 303 Å². The Labute approximate surface area is 815 Å². The Kier molecular flexibility index (Phi) is 29.2. The van der Waals surface area contributed by atoms with E-state index in [-0.39, 0.29) is 97.3 Å². The normalized spacial score (nSPS) is 29.1. The number of nitrogens with zero attached hydrogens (tertiary/aromatic N) is 20. The largest absolute Gasteiger partial charge is 0.472 e. The molecule has 7 saturated heterocycles. The summed E-state index contributed by atoms with van der Waals surface area (Å²) in [5.41, 5.74) is 36.5. The number of aromatic amines is 3. The SMILES string of the molecule is Nc1ccn([C@H]2C[C@H](OP(=O)(O)OC[C@H]3O[C@@H](n4cnc5c(=O)[nH]c(N)nc54)C[C@@H]3OP(=O)(O)OC[C@H]3O[C@@H](n4cnc5c(N)ncnc54)C[C@@H]3OP(=O)(O)OC[C@H]3O[C@@H](n4cnc5c(N)ncnc54)C[C@@H]3OP(=O)(O)OC[C@H]3O[C@@H](n4ccc5c(=O)[nH]c(N)nc54)C[C@@H]3OP(=O)(O)OC[C@H]3O[C@@H](n4ccc(N)nc4=O)C[C@@H]3OP(=O)(O)OC[C@H]3O[C@@H](n4cnc5c(=O)[nH]c(N)nc54)C[C@@H]3O)[C@@H](COP(=O)(O)O)O2)c(=O)n1. The van der Waals surface area contributed by atoms with Gasteiger partial charge in [-0.05, 0) is 18.2 Å². The van der Waals surface area contributed by atoms with Crippen molar-refractivity contribution in [2.24, 2.45) is 0 Å². The van der Waals surface area contributed by atoms with Gasteiger partial charge in [-0.1, -0.05) is 0 Å². The van der Waals surface area contributed by atoms with Gasteiger partial charge < -0.3 is 122 Å². The average Bonchev–Trinajstić information content (AvgIpc) is 1.62. The summed E-state index contributed by atoms with van der Waals surface area (Å²) in [4.78, 5) is 213. The van der Waals surface area contributed by atoms with E-state index in [9.17, 15) is 100 Å². The van der Waals surface area contributed by atoms with Crippen molar-refractivity contribution in [1.82, 2.24) is 112 Å². The number of anilines is 7. The number of aliphatic hydroxyl groups is 1. The number of phosphoric acid groups is 7. The van der Waals surface area contributed by atoms with E-state index >= 15 is 0 Å². The van der Waals surface area contributed by atoms with Gasteiger partial charge in [-0.25, -0.2) is 81.4 Å².